The third-order valence-corrected chi connectivity index (χ3v) is 7.20. The molecule has 0 radical (unpaired) electrons. The van der Waals surface area contributed by atoms with Crippen LogP contribution >= 0.6 is 11.3 Å². The number of carbonyl (C=O) groups excluding carboxylic acids is 1. The highest BCUT2D eigenvalue weighted by molar-refractivity contribution is 7.12. The first-order valence-corrected chi connectivity index (χ1v) is 12.2. The Kier molecular flexibility index (Phi) is 6.06. The number of rotatable bonds is 6. The summed E-state index contributed by atoms with van der Waals surface area (Å²) in [6.07, 6.45) is 8.40. The highest BCUT2D eigenvalue weighted by Gasteiger charge is 2.34. The number of carbonyl (C=O) groups is 1. The number of ketones is 1. The molecule has 4 aromatic rings. The number of nitrogens with zero attached hydrogens (tertiary/aromatic N) is 3. The Balaban J connectivity index is 1.65. The second-order valence-corrected chi connectivity index (χ2v) is 9.25. The van der Waals surface area contributed by atoms with Gasteiger partial charge in [-0.05, 0) is 49.2 Å². The summed E-state index contributed by atoms with van der Waals surface area (Å²) in [5.74, 6) is -0.425. The molecule has 174 valence electrons. The van der Waals surface area contributed by atoms with Gasteiger partial charge in [-0.15, -0.1) is 11.3 Å². The van der Waals surface area contributed by atoms with E-state index in [1.807, 2.05) is 17.5 Å². The second kappa shape index (κ2) is 9.30. The van der Waals surface area contributed by atoms with E-state index in [-0.39, 0.29) is 23.1 Å². The molecule has 34 heavy (non-hydrogen) atoms. The van der Waals surface area contributed by atoms with E-state index in [1.165, 1.54) is 11.3 Å². The molecule has 0 spiro atoms. The standard InChI is InChI=1S/C26H25N3O4S/c1-33-19-11-9-17(10-12-19)23(30)21-22(16-6-3-2-4-7-16)29(25(32)24(21)31)26-28-20(15-34-26)18-8-5-13-27-14-18/h5,8-16,31-32H,2-4,6-7H2,1H3. The fourth-order valence-electron chi connectivity index (χ4n) is 4.65. The molecular weight excluding hydrogens is 450 g/mol. The van der Waals surface area contributed by atoms with Crippen LogP contribution in [-0.4, -0.2) is 37.6 Å². The summed E-state index contributed by atoms with van der Waals surface area (Å²) in [6, 6.07) is 10.5. The smallest absolute Gasteiger partial charge is 0.242 e. The van der Waals surface area contributed by atoms with Gasteiger partial charge in [-0.25, -0.2) is 4.98 Å². The lowest BCUT2D eigenvalue weighted by molar-refractivity contribution is 0.103. The average Bonchev–Trinajstić information content (AvgIpc) is 3.48. The zero-order valence-corrected chi connectivity index (χ0v) is 19.6. The van der Waals surface area contributed by atoms with Crippen LogP contribution in [0.2, 0.25) is 0 Å². The third-order valence-electron chi connectivity index (χ3n) is 6.37. The summed E-state index contributed by atoms with van der Waals surface area (Å²) in [4.78, 5) is 22.5. The number of hydrogen-bond acceptors (Lipinski definition) is 7. The van der Waals surface area contributed by atoms with Crippen molar-refractivity contribution < 1.29 is 19.7 Å². The molecule has 3 heterocycles. The summed E-state index contributed by atoms with van der Waals surface area (Å²) in [5, 5.41) is 24.4. The number of aromatic nitrogens is 3. The maximum absolute atomic E-state index is 13.6. The molecule has 7 nitrogen and oxygen atoms in total. The van der Waals surface area contributed by atoms with Gasteiger partial charge in [0.2, 0.25) is 5.88 Å². The molecular formula is C26H25N3O4S. The lowest BCUT2D eigenvalue weighted by atomic mass is 9.84. The van der Waals surface area contributed by atoms with Gasteiger partial charge in [-0.2, -0.15) is 0 Å². The average molecular weight is 476 g/mol. The van der Waals surface area contributed by atoms with E-state index in [9.17, 15) is 15.0 Å². The van der Waals surface area contributed by atoms with E-state index in [2.05, 4.69) is 4.98 Å². The van der Waals surface area contributed by atoms with Crippen LogP contribution in [-0.2, 0) is 0 Å². The van der Waals surface area contributed by atoms with E-state index < -0.39 is 5.75 Å². The Labute approximate surface area is 201 Å². The Bertz CT molecular complexity index is 1310. The SMILES string of the molecule is COc1ccc(C(=O)c2c(O)c(O)n(-c3nc(-c4cccnc4)cs3)c2C2CCCCC2)cc1. The van der Waals surface area contributed by atoms with Gasteiger partial charge in [-0.1, -0.05) is 19.3 Å². The minimum atomic E-state index is -0.403. The summed E-state index contributed by atoms with van der Waals surface area (Å²) >= 11 is 1.35. The number of hydrogen-bond donors (Lipinski definition) is 2. The van der Waals surface area contributed by atoms with Gasteiger partial charge in [0, 0.05) is 40.5 Å². The van der Waals surface area contributed by atoms with Crippen LogP contribution in [0.1, 0.15) is 59.6 Å². The second-order valence-electron chi connectivity index (χ2n) is 8.42. The van der Waals surface area contributed by atoms with Gasteiger partial charge in [0.05, 0.1) is 18.4 Å². The van der Waals surface area contributed by atoms with Gasteiger partial charge in [0.15, 0.2) is 16.7 Å². The number of benzene rings is 1. The summed E-state index contributed by atoms with van der Waals surface area (Å²) in [5.41, 5.74) is 2.77. The van der Waals surface area contributed by atoms with Crippen LogP contribution in [0, 0.1) is 0 Å². The Morgan fingerprint density at radius 2 is 1.88 bits per heavy atom. The monoisotopic (exact) mass is 475 g/mol. The molecule has 1 fully saturated rings. The summed E-state index contributed by atoms with van der Waals surface area (Å²) in [6.45, 7) is 0. The largest absolute Gasteiger partial charge is 0.503 e. The van der Waals surface area contributed by atoms with Crippen molar-refractivity contribution in [2.45, 2.75) is 38.0 Å². The van der Waals surface area contributed by atoms with Crippen LogP contribution in [0.15, 0.2) is 54.2 Å². The molecule has 1 saturated carbocycles. The zero-order valence-electron chi connectivity index (χ0n) is 18.8. The molecule has 8 heteroatoms. The number of thiazole rings is 1. The van der Waals surface area contributed by atoms with E-state index in [0.717, 1.165) is 43.4 Å². The fourth-order valence-corrected chi connectivity index (χ4v) is 5.49. The molecule has 0 amide bonds. The lowest BCUT2D eigenvalue weighted by Gasteiger charge is -2.24. The van der Waals surface area contributed by atoms with E-state index in [0.29, 0.717) is 22.1 Å². The minimum Gasteiger partial charge on any atom is -0.503 e. The van der Waals surface area contributed by atoms with Crippen LogP contribution in [0.5, 0.6) is 17.4 Å². The first kappa shape index (κ1) is 22.2. The molecule has 5 rings (SSSR count). The van der Waals surface area contributed by atoms with Gasteiger partial charge in [-0.3, -0.25) is 14.3 Å². The number of aromatic hydroxyl groups is 2. The molecule has 1 aromatic carbocycles. The van der Waals surface area contributed by atoms with Crippen molar-refractivity contribution in [1.82, 2.24) is 14.5 Å². The maximum Gasteiger partial charge on any atom is 0.242 e. The highest BCUT2D eigenvalue weighted by Crippen LogP contribution is 2.46. The molecule has 1 aliphatic rings. The first-order chi connectivity index (χ1) is 16.6. The van der Waals surface area contributed by atoms with Crippen molar-refractivity contribution in [1.29, 1.82) is 0 Å². The number of ether oxygens (including phenoxy) is 1. The Morgan fingerprint density at radius 3 is 2.56 bits per heavy atom. The van der Waals surface area contributed by atoms with Gasteiger partial charge in [0.25, 0.3) is 0 Å². The Hall–Kier alpha value is -3.65. The van der Waals surface area contributed by atoms with E-state index in [4.69, 9.17) is 9.72 Å². The van der Waals surface area contributed by atoms with Crippen molar-refractivity contribution in [3.63, 3.8) is 0 Å². The molecule has 0 atom stereocenters. The fraction of sp³-hybridized carbons (Fsp3) is 0.269. The quantitative estimate of drug-likeness (QED) is 0.348. The molecule has 0 bridgehead atoms. The molecule has 0 unspecified atom stereocenters. The maximum atomic E-state index is 13.6. The Morgan fingerprint density at radius 1 is 1.12 bits per heavy atom. The van der Waals surface area contributed by atoms with Crippen LogP contribution in [0.25, 0.3) is 16.4 Å². The minimum absolute atomic E-state index is 0.0310. The van der Waals surface area contributed by atoms with Crippen LogP contribution < -0.4 is 4.74 Å². The number of pyridine rings is 1. The molecule has 1 aliphatic carbocycles. The van der Waals surface area contributed by atoms with Crippen molar-refractivity contribution in [3.05, 3.63) is 71.0 Å². The van der Waals surface area contributed by atoms with Gasteiger partial charge < -0.3 is 14.9 Å². The topological polar surface area (TPSA) is 97.5 Å². The van der Waals surface area contributed by atoms with E-state index in [1.54, 1.807) is 48.3 Å². The molecule has 2 N–H and O–H groups in total. The highest BCUT2D eigenvalue weighted by atomic mass is 32.1. The normalized spacial score (nSPS) is 14.3. The van der Waals surface area contributed by atoms with Crippen molar-refractivity contribution in [2.24, 2.45) is 0 Å². The van der Waals surface area contributed by atoms with Crippen LogP contribution in [0.4, 0.5) is 0 Å². The molecule has 0 aliphatic heterocycles. The number of methoxy groups -OCH3 is 1. The predicted octanol–water partition coefficient (Wildman–Crippen LogP) is 5.69. The molecule has 3 aromatic heterocycles. The van der Waals surface area contributed by atoms with Crippen LogP contribution in [0.3, 0.4) is 0 Å². The molecule has 0 saturated heterocycles. The third kappa shape index (κ3) is 3.94. The first-order valence-electron chi connectivity index (χ1n) is 11.3. The summed E-state index contributed by atoms with van der Waals surface area (Å²) in [7, 11) is 1.57. The van der Waals surface area contributed by atoms with Gasteiger partial charge >= 0.3 is 0 Å². The van der Waals surface area contributed by atoms with Crippen molar-refractivity contribution >= 4 is 17.1 Å². The van der Waals surface area contributed by atoms with Crippen molar-refractivity contribution in [3.8, 4) is 33.8 Å². The predicted molar refractivity (Wildman–Crippen MR) is 130 cm³/mol. The zero-order chi connectivity index (χ0) is 23.7. The van der Waals surface area contributed by atoms with E-state index >= 15 is 0 Å². The summed E-state index contributed by atoms with van der Waals surface area (Å²) < 4.78 is 6.76. The lowest BCUT2D eigenvalue weighted by Crippen LogP contribution is -2.14. The van der Waals surface area contributed by atoms with Crippen molar-refractivity contribution in [2.75, 3.05) is 7.11 Å². The van der Waals surface area contributed by atoms with Gasteiger partial charge in [0.1, 0.15) is 5.75 Å².